The lowest BCUT2D eigenvalue weighted by molar-refractivity contribution is 0.295. The van der Waals surface area contributed by atoms with Crippen molar-refractivity contribution in [1.29, 1.82) is 0 Å². The van der Waals surface area contributed by atoms with Gasteiger partial charge in [-0.2, -0.15) is 0 Å². The van der Waals surface area contributed by atoms with Crippen LogP contribution in [0.1, 0.15) is 24.9 Å². The molecule has 0 radical (unpaired) electrons. The summed E-state index contributed by atoms with van der Waals surface area (Å²) >= 11 is 0. The molecule has 0 saturated heterocycles. The standard InChI is InChI=1S/C9H16N2O/c1-3-4-8-7-10-9(5-6-12)11(8)2/h7,12H,3-6H2,1-2H3. The van der Waals surface area contributed by atoms with Gasteiger partial charge in [0.1, 0.15) is 5.82 Å². The molecule has 1 aromatic rings. The summed E-state index contributed by atoms with van der Waals surface area (Å²) in [6.07, 6.45) is 4.75. The van der Waals surface area contributed by atoms with Gasteiger partial charge in [0, 0.05) is 25.4 Å². The van der Waals surface area contributed by atoms with E-state index < -0.39 is 0 Å². The molecule has 3 heteroatoms. The first-order chi connectivity index (χ1) is 5.79. The third-order valence-corrected chi connectivity index (χ3v) is 2.02. The molecular formula is C9H16N2O. The highest BCUT2D eigenvalue weighted by Crippen LogP contribution is 2.05. The number of aromatic nitrogens is 2. The molecule has 0 saturated carbocycles. The highest BCUT2D eigenvalue weighted by molar-refractivity contribution is 5.05. The maximum Gasteiger partial charge on any atom is 0.110 e. The van der Waals surface area contributed by atoms with E-state index in [4.69, 9.17) is 5.11 Å². The Balaban J connectivity index is 2.74. The predicted octanol–water partition coefficient (Wildman–Crippen LogP) is 0.907. The predicted molar refractivity (Wildman–Crippen MR) is 48.0 cm³/mol. The molecule has 0 unspecified atom stereocenters. The molecule has 0 aromatic carbocycles. The van der Waals surface area contributed by atoms with Crippen LogP contribution < -0.4 is 0 Å². The lowest BCUT2D eigenvalue weighted by Gasteiger charge is -2.02. The Kier molecular flexibility index (Phi) is 3.29. The highest BCUT2D eigenvalue weighted by atomic mass is 16.3. The Morgan fingerprint density at radius 3 is 2.83 bits per heavy atom. The minimum absolute atomic E-state index is 0.177. The van der Waals surface area contributed by atoms with E-state index in [1.54, 1.807) is 0 Å². The molecule has 3 nitrogen and oxygen atoms in total. The Bertz CT molecular complexity index is 219. The molecule has 0 fully saturated rings. The molecular weight excluding hydrogens is 152 g/mol. The van der Waals surface area contributed by atoms with E-state index in [0.29, 0.717) is 6.42 Å². The van der Waals surface area contributed by atoms with Crippen LogP contribution in [-0.4, -0.2) is 21.3 Å². The number of rotatable bonds is 4. The van der Waals surface area contributed by atoms with Gasteiger partial charge in [0.15, 0.2) is 0 Å². The molecule has 12 heavy (non-hydrogen) atoms. The SMILES string of the molecule is CCCc1cnc(CCO)n1C. The Morgan fingerprint density at radius 2 is 2.25 bits per heavy atom. The summed E-state index contributed by atoms with van der Waals surface area (Å²) < 4.78 is 2.07. The largest absolute Gasteiger partial charge is 0.396 e. The zero-order chi connectivity index (χ0) is 8.97. The number of nitrogens with zero attached hydrogens (tertiary/aromatic N) is 2. The normalized spacial score (nSPS) is 10.6. The number of imidazole rings is 1. The number of aliphatic hydroxyl groups is 1. The number of hydrogen-bond donors (Lipinski definition) is 1. The lowest BCUT2D eigenvalue weighted by Crippen LogP contribution is -2.03. The first kappa shape index (κ1) is 9.26. The molecule has 1 aromatic heterocycles. The fourth-order valence-electron chi connectivity index (χ4n) is 1.31. The van der Waals surface area contributed by atoms with Crippen LogP contribution in [0.3, 0.4) is 0 Å². The van der Waals surface area contributed by atoms with Gasteiger partial charge < -0.3 is 9.67 Å². The number of hydrogen-bond acceptors (Lipinski definition) is 2. The van der Waals surface area contributed by atoms with Gasteiger partial charge >= 0.3 is 0 Å². The van der Waals surface area contributed by atoms with Crippen LogP contribution in [0.25, 0.3) is 0 Å². The van der Waals surface area contributed by atoms with Crippen LogP contribution in [0, 0.1) is 0 Å². The van der Waals surface area contributed by atoms with Gasteiger partial charge in [-0.1, -0.05) is 13.3 Å². The second kappa shape index (κ2) is 4.26. The molecule has 0 spiro atoms. The van der Waals surface area contributed by atoms with Crippen molar-refractivity contribution in [2.75, 3.05) is 6.61 Å². The minimum Gasteiger partial charge on any atom is -0.396 e. The second-order valence-corrected chi connectivity index (χ2v) is 2.95. The Hall–Kier alpha value is -0.830. The first-order valence-corrected chi connectivity index (χ1v) is 4.40. The van der Waals surface area contributed by atoms with Crippen molar-refractivity contribution < 1.29 is 5.11 Å². The van der Waals surface area contributed by atoms with Crippen LogP contribution in [-0.2, 0) is 19.9 Å². The molecule has 0 aliphatic carbocycles. The third-order valence-electron chi connectivity index (χ3n) is 2.02. The van der Waals surface area contributed by atoms with Gasteiger partial charge in [0.25, 0.3) is 0 Å². The van der Waals surface area contributed by atoms with E-state index in [9.17, 15) is 0 Å². The van der Waals surface area contributed by atoms with E-state index in [0.717, 1.165) is 18.7 Å². The van der Waals surface area contributed by atoms with Crippen LogP contribution in [0.5, 0.6) is 0 Å². The summed E-state index contributed by atoms with van der Waals surface area (Å²) in [6, 6.07) is 0. The van der Waals surface area contributed by atoms with Gasteiger partial charge in [-0.15, -0.1) is 0 Å². The highest BCUT2D eigenvalue weighted by Gasteiger charge is 2.03. The fraction of sp³-hybridized carbons (Fsp3) is 0.667. The summed E-state index contributed by atoms with van der Waals surface area (Å²) in [5, 5.41) is 8.73. The van der Waals surface area contributed by atoms with Crippen LogP contribution in [0.2, 0.25) is 0 Å². The van der Waals surface area contributed by atoms with Gasteiger partial charge in [0.2, 0.25) is 0 Å². The number of aliphatic hydroxyl groups excluding tert-OH is 1. The van der Waals surface area contributed by atoms with Crippen molar-refractivity contribution in [2.45, 2.75) is 26.2 Å². The van der Waals surface area contributed by atoms with Crippen molar-refractivity contribution in [3.05, 3.63) is 17.7 Å². The zero-order valence-electron chi connectivity index (χ0n) is 7.75. The van der Waals surface area contributed by atoms with Crippen molar-refractivity contribution in [3.8, 4) is 0 Å². The molecule has 0 bridgehead atoms. The summed E-state index contributed by atoms with van der Waals surface area (Å²) in [6.45, 7) is 2.33. The van der Waals surface area contributed by atoms with Crippen molar-refractivity contribution in [2.24, 2.45) is 7.05 Å². The van der Waals surface area contributed by atoms with Crippen LogP contribution >= 0.6 is 0 Å². The van der Waals surface area contributed by atoms with Crippen molar-refractivity contribution >= 4 is 0 Å². The molecule has 0 aliphatic rings. The molecule has 0 amide bonds. The fourth-order valence-corrected chi connectivity index (χ4v) is 1.31. The van der Waals surface area contributed by atoms with E-state index in [1.807, 2.05) is 13.2 Å². The zero-order valence-corrected chi connectivity index (χ0v) is 7.75. The lowest BCUT2D eigenvalue weighted by atomic mass is 10.3. The average Bonchev–Trinajstić information content (AvgIpc) is 2.38. The molecule has 1 heterocycles. The van der Waals surface area contributed by atoms with E-state index in [1.165, 1.54) is 5.69 Å². The summed E-state index contributed by atoms with van der Waals surface area (Å²) in [5.74, 6) is 0.973. The van der Waals surface area contributed by atoms with Crippen molar-refractivity contribution in [1.82, 2.24) is 9.55 Å². The Labute approximate surface area is 73.1 Å². The average molecular weight is 168 g/mol. The summed E-state index contributed by atoms with van der Waals surface area (Å²) in [4.78, 5) is 4.23. The molecule has 68 valence electrons. The summed E-state index contributed by atoms with van der Waals surface area (Å²) in [5.41, 5.74) is 1.25. The van der Waals surface area contributed by atoms with Gasteiger partial charge in [-0.05, 0) is 6.42 Å². The Morgan fingerprint density at radius 1 is 1.50 bits per heavy atom. The van der Waals surface area contributed by atoms with E-state index in [2.05, 4.69) is 16.5 Å². The number of aryl methyl sites for hydroxylation is 1. The maximum absolute atomic E-state index is 8.73. The van der Waals surface area contributed by atoms with E-state index >= 15 is 0 Å². The van der Waals surface area contributed by atoms with Gasteiger partial charge in [-0.25, -0.2) is 4.98 Å². The summed E-state index contributed by atoms with van der Waals surface area (Å²) in [7, 11) is 2.00. The molecule has 0 aliphatic heterocycles. The van der Waals surface area contributed by atoms with Crippen molar-refractivity contribution in [3.63, 3.8) is 0 Å². The van der Waals surface area contributed by atoms with Gasteiger partial charge in [-0.3, -0.25) is 0 Å². The first-order valence-electron chi connectivity index (χ1n) is 4.40. The monoisotopic (exact) mass is 168 g/mol. The third kappa shape index (κ3) is 1.85. The smallest absolute Gasteiger partial charge is 0.110 e. The van der Waals surface area contributed by atoms with Gasteiger partial charge in [0.05, 0.1) is 6.61 Å². The topological polar surface area (TPSA) is 38.1 Å². The van der Waals surface area contributed by atoms with Crippen LogP contribution in [0.15, 0.2) is 6.20 Å². The van der Waals surface area contributed by atoms with E-state index in [-0.39, 0.29) is 6.61 Å². The maximum atomic E-state index is 8.73. The molecule has 1 N–H and O–H groups in total. The quantitative estimate of drug-likeness (QED) is 0.725. The molecule has 1 rings (SSSR count). The second-order valence-electron chi connectivity index (χ2n) is 2.95. The minimum atomic E-state index is 0.177. The molecule has 0 atom stereocenters. The van der Waals surface area contributed by atoms with Crippen LogP contribution in [0.4, 0.5) is 0 Å².